The first-order valence-electron chi connectivity index (χ1n) is 10.2. The van der Waals surface area contributed by atoms with Crippen LogP contribution < -0.4 is 5.32 Å². The fourth-order valence-electron chi connectivity index (χ4n) is 5.37. The van der Waals surface area contributed by atoms with E-state index in [1.165, 1.54) is 32.2 Å². The van der Waals surface area contributed by atoms with Crippen LogP contribution in [-0.4, -0.2) is 61.0 Å². The average molecular weight is 348 g/mol. The van der Waals surface area contributed by atoms with Crippen molar-refractivity contribution in [2.75, 3.05) is 39.8 Å². The van der Waals surface area contributed by atoms with Crippen LogP contribution in [-0.2, 0) is 4.79 Å². The molecule has 3 rings (SSSR count). The van der Waals surface area contributed by atoms with Crippen molar-refractivity contribution in [1.82, 2.24) is 15.1 Å². The number of hydrogen-bond donors (Lipinski definition) is 1. The molecule has 1 atom stereocenters. The molecule has 0 aromatic heterocycles. The van der Waals surface area contributed by atoms with Crippen molar-refractivity contribution >= 4 is 5.91 Å². The Morgan fingerprint density at radius 3 is 2.68 bits per heavy atom. The molecule has 1 aliphatic carbocycles. The van der Waals surface area contributed by atoms with Crippen LogP contribution in [0.4, 0.5) is 0 Å². The van der Waals surface area contributed by atoms with Gasteiger partial charge in [0.05, 0.1) is 0 Å². The van der Waals surface area contributed by atoms with E-state index in [2.05, 4.69) is 42.9 Å². The maximum Gasteiger partial charge on any atom is 0.220 e. The van der Waals surface area contributed by atoms with Crippen molar-refractivity contribution in [2.45, 2.75) is 71.3 Å². The predicted octanol–water partition coefficient (Wildman–Crippen LogP) is 3.19. The smallest absolute Gasteiger partial charge is 0.220 e. The Balaban J connectivity index is 1.65. The largest absolute Gasteiger partial charge is 0.356 e. The Bertz CT molecular complexity index is 539. The van der Waals surface area contributed by atoms with E-state index in [4.69, 9.17) is 0 Å². The van der Waals surface area contributed by atoms with E-state index in [1.807, 2.05) is 0 Å². The number of hydrogen-bond acceptors (Lipinski definition) is 3. The van der Waals surface area contributed by atoms with E-state index in [0.29, 0.717) is 11.8 Å². The lowest BCUT2D eigenvalue weighted by Crippen LogP contribution is -2.61. The molecule has 0 bridgehead atoms. The van der Waals surface area contributed by atoms with Gasteiger partial charge in [-0.05, 0) is 57.9 Å². The minimum atomic E-state index is 0.183. The Morgan fingerprint density at radius 2 is 1.92 bits per heavy atom. The molecule has 0 aromatic carbocycles. The van der Waals surface area contributed by atoms with Gasteiger partial charge in [-0.3, -0.25) is 14.6 Å². The van der Waals surface area contributed by atoms with Gasteiger partial charge in [0.2, 0.25) is 5.91 Å². The first-order chi connectivity index (χ1) is 11.8. The summed E-state index contributed by atoms with van der Waals surface area (Å²) in [5.74, 6) is 0.229. The highest BCUT2D eigenvalue weighted by Crippen LogP contribution is 2.42. The van der Waals surface area contributed by atoms with Crippen LogP contribution >= 0.6 is 0 Å². The third-order valence-corrected chi connectivity index (χ3v) is 7.17. The summed E-state index contributed by atoms with van der Waals surface area (Å²) in [5.41, 5.74) is 3.92. The number of amides is 1. The maximum absolute atomic E-state index is 11.8. The van der Waals surface area contributed by atoms with Gasteiger partial charge in [-0.2, -0.15) is 0 Å². The molecule has 0 saturated carbocycles. The molecule has 0 radical (unpaired) electrons. The van der Waals surface area contributed by atoms with Crippen LogP contribution in [0.15, 0.2) is 11.1 Å². The lowest BCUT2D eigenvalue weighted by atomic mass is 9.71. The second-order valence-corrected chi connectivity index (χ2v) is 9.27. The van der Waals surface area contributed by atoms with E-state index < -0.39 is 0 Å². The second-order valence-electron chi connectivity index (χ2n) is 9.27. The summed E-state index contributed by atoms with van der Waals surface area (Å²) < 4.78 is 0. The third kappa shape index (κ3) is 4.11. The van der Waals surface area contributed by atoms with Gasteiger partial charge in [-0.25, -0.2) is 0 Å². The lowest BCUT2D eigenvalue weighted by Gasteiger charge is -2.49. The number of nitrogens with zero attached hydrogens (tertiary/aromatic N) is 2. The van der Waals surface area contributed by atoms with Gasteiger partial charge in [0, 0.05) is 44.7 Å². The predicted molar refractivity (Wildman–Crippen MR) is 104 cm³/mol. The second kappa shape index (κ2) is 7.40. The van der Waals surface area contributed by atoms with Gasteiger partial charge >= 0.3 is 0 Å². The summed E-state index contributed by atoms with van der Waals surface area (Å²) in [6, 6.07) is 0. The minimum Gasteiger partial charge on any atom is -0.356 e. The molecule has 1 amide bonds. The van der Waals surface area contributed by atoms with Crippen molar-refractivity contribution in [2.24, 2.45) is 5.41 Å². The van der Waals surface area contributed by atoms with Gasteiger partial charge in [0.15, 0.2) is 0 Å². The van der Waals surface area contributed by atoms with Gasteiger partial charge < -0.3 is 5.32 Å². The van der Waals surface area contributed by atoms with Crippen molar-refractivity contribution in [3.63, 3.8) is 0 Å². The van der Waals surface area contributed by atoms with E-state index in [9.17, 15) is 4.79 Å². The summed E-state index contributed by atoms with van der Waals surface area (Å²) in [4.78, 5) is 17.0. The molecule has 2 heterocycles. The van der Waals surface area contributed by atoms with Crippen molar-refractivity contribution in [3.05, 3.63) is 11.1 Å². The molecule has 2 saturated heterocycles. The van der Waals surface area contributed by atoms with Crippen LogP contribution in [0.2, 0.25) is 0 Å². The van der Waals surface area contributed by atoms with Crippen molar-refractivity contribution in [1.29, 1.82) is 0 Å². The quantitative estimate of drug-likeness (QED) is 0.797. The van der Waals surface area contributed by atoms with Crippen molar-refractivity contribution in [3.8, 4) is 0 Å². The molecule has 1 N–H and O–H groups in total. The summed E-state index contributed by atoms with van der Waals surface area (Å²) in [7, 11) is 2.25. The molecule has 4 heteroatoms. The number of nitrogens with one attached hydrogen (secondary N) is 1. The topological polar surface area (TPSA) is 35.6 Å². The van der Waals surface area contributed by atoms with E-state index >= 15 is 0 Å². The van der Waals surface area contributed by atoms with Crippen LogP contribution in [0, 0.1) is 5.41 Å². The lowest BCUT2D eigenvalue weighted by molar-refractivity contribution is -0.121. The monoisotopic (exact) mass is 347 g/mol. The molecule has 2 fully saturated rings. The van der Waals surface area contributed by atoms with Crippen LogP contribution in [0.5, 0.6) is 0 Å². The summed E-state index contributed by atoms with van der Waals surface area (Å²) >= 11 is 0. The third-order valence-electron chi connectivity index (χ3n) is 7.17. The molecular weight excluding hydrogens is 310 g/mol. The summed E-state index contributed by atoms with van der Waals surface area (Å²) in [5, 5.41) is 3.06. The number of carbonyl (C=O) groups excluding carboxylic acids is 1. The summed E-state index contributed by atoms with van der Waals surface area (Å²) in [6.45, 7) is 12.6. The fourth-order valence-corrected chi connectivity index (χ4v) is 5.37. The number of piperazine rings is 1. The minimum absolute atomic E-state index is 0.183. The van der Waals surface area contributed by atoms with Crippen LogP contribution in [0.1, 0.15) is 65.7 Å². The Kier molecular flexibility index (Phi) is 5.60. The average Bonchev–Trinajstić information content (AvgIpc) is 2.72. The fraction of sp³-hybridized carbons (Fsp3) is 0.857. The van der Waals surface area contributed by atoms with Crippen LogP contribution in [0.25, 0.3) is 0 Å². The SMILES string of the molecule is CC1=C(CCN2CCN(C)C3(CCNC(=O)CC3)C2)C(C)(C)CCC1. The number of carbonyl (C=O) groups is 1. The molecule has 4 nitrogen and oxygen atoms in total. The highest BCUT2D eigenvalue weighted by atomic mass is 16.1. The van der Waals surface area contributed by atoms with E-state index in [-0.39, 0.29) is 11.4 Å². The number of rotatable bonds is 3. The maximum atomic E-state index is 11.8. The molecule has 1 spiro atoms. The normalized spacial score (nSPS) is 31.9. The molecule has 3 aliphatic rings. The number of allylic oxidation sites excluding steroid dienone is 1. The molecule has 142 valence electrons. The summed E-state index contributed by atoms with van der Waals surface area (Å²) in [6.07, 6.45) is 7.95. The van der Waals surface area contributed by atoms with Gasteiger partial charge in [0.1, 0.15) is 0 Å². The van der Waals surface area contributed by atoms with Crippen LogP contribution in [0.3, 0.4) is 0 Å². The van der Waals surface area contributed by atoms with E-state index in [0.717, 1.165) is 39.0 Å². The Labute approximate surface area is 154 Å². The molecule has 25 heavy (non-hydrogen) atoms. The molecular formula is C21H37N3O. The standard InChI is InChI=1S/C21H37N3O/c1-17-6-5-9-20(2,3)18(17)8-13-24-15-14-23(4)21(16-24)10-7-19(25)22-12-11-21/h5-16H2,1-4H3,(H,22,25). The van der Waals surface area contributed by atoms with Gasteiger partial charge in [0.25, 0.3) is 0 Å². The van der Waals surface area contributed by atoms with E-state index in [1.54, 1.807) is 11.1 Å². The zero-order valence-electron chi connectivity index (χ0n) is 16.8. The first kappa shape index (κ1) is 18.9. The molecule has 2 aliphatic heterocycles. The van der Waals surface area contributed by atoms with Gasteiger partial charge in [-0.15, -0.1) is 0 Å². The first-order valence-corrected chi connectivity index (χ1v) is 10.2. The zero-order valence-corrected chi connectivity index (χ0v) is 16.8. The Morgan fingerprint density at radius 1 is 1.12 bits per heavy atom. The highest BCUT2D eigenvalue weighted by Gasteiger charge is 2.41. The van der Waals surface area contributed by atoms with Crippen molar-refractivity contribution < 1.29 is 4.79 Å². The zero-order chi connectivity index (χ0) is 18.1. The van der Waals surface area contributed by atoms with Gasteiger partial charge in [-0.1, -0.05) is 25.0 Å². The molecule has 0 aromatic rings. The highest BCUT2D eigenvalue weighted by molar-refractivity contribution is 5.76. The molecule has 1 unspecified atom stereocenters. The number of likely N-dealkylation sites (N-methyl/N-ethyl adjacent to an activating group) is 1. The Hall–Kier alpha value is -0.870.